The van der Waals surface area contributed by atoms with Crippen molar-refractivity contribution in [2.45, 2.75) is 59.3 Å². The highest BCUT2D eigenvalue weighted by Gasteiger charge is 2.21. The molecule has 0 aliphatic heterocycles. The monoisotopic (exact) mass is 305 g/mol. The number of guanidine groups is 1. The molecule has 0 aromatic heterocycles. The first-order valence-corrected chi connectivity index (χ1v) is 8.08. The zero-order valence-corrected chi connectivity index (χ0v) is 15.3. The molecule has 0 unspecified atom stereocenters. The first-order chi connectivity index (χ1) is 9.08. The molecular formula is C16H36ClN3. The molecule has 0 N–H and O–H groups in total. The Balaban J connectivity index is 0. The quantitative estimate of drug-likeness (QED) is 0.343. The van der Waals surface area contributed by atoms with E-state index in [1.165, 1.54) is 44.5 Å². The number of rotatable bonds is 9. The third-order valence-electron chi connectivity index (χ3n) is 3.57. The maximum atomic E-state index is 2.43. The lowest BCUT2D eigenvalue weighted by Crippen LogP contribution is -3.00. The fourth-order valence-electron chi connectivity index (χ4n) is 2.36. The van der Waals surface area contributed by atoms with Gasteiger partial charge in [-0.2, -0.15) is 0 Å². The number of nitrogens with zero attached hydrogens (tertiary/aromatic N) is 3. The molecule has 0 heterocycles. The first-order valence-electron chi connectivity index (χ1n) is 8.08. The molecule has 0 atom stereocenters. The molecule has 0 rings (SSSR count). The minimum absolute atomic E-state index is 0. The molecule has 0 fully saturated rings. The van der Waals surface area contributed by atoms with Crippen molar-refractivity contribution in [3.63, 3.8) is 0 Å². The highest BCUT2D eigenvalue weighted by molar-refractivity contribution is 5.74. The summed E-state index contributed by atoms with van der Waals surface area (Å²) in [5.41, 5.74) is 0. The Bertz CT molecular complexity index is 238. The Kier molecular flexibility index (Phi) is 14.8. The largest absolute Gasteiger partial charge is 1.00 e. The number of hydrogen-bond donors (Lipinski definition) is 0. The van der Waals surface area contributed by atoms with Crippen LogP contribution < -0.4 is 12.4 Å². The molecule has 0 spiro atoms. The summed E-state index contributed by atoms with van der Waals surface area (Å²) >= 11 is 0. The second-order valence-electron chi connectivity index (χ2n) is 5.63. The third kappa shape index (κ3) is 8.68. The molecule has 0 aliphatic rings. The minimum atomic E-state index is 0. The minimum Gasteiger partial charge on any atom is -1.00 e. The second kappa shape index (κ2) is 13.5. The van der Waals surface area contributed by atoms with Crippen LogP contribution in [0, 0.1) is 0 Å². The Morgan fingerprint density at radius 3 is 1.55 bits per heavy atom. The van der Waals surface area contributed by atoms with Crippen molar-refractivity contribution < 1.29 is 17.0 Å². The average molecular weight is 306 g/mol. The molecule has 0 saturated carbocycles. The molecule has 0 saturated heterocycles. The van der Waals surface area contributed by atoms with Crippen molar-refractivity contribution in [2.75, 3.05) is 40.8 Å². The van der Waals surface area contributed by atoms with Gasteiger partial charge in [-0.25, -0.2) is 0 Å². The topological polar surface area (TPSA) is 9.49 Å². The van der Waals surface area contributed by atoms with E-state index in [0.717, 1.165) is 19.6 Å². The van der Waals surface area contributed by atoms with Crippen LogP contribution in [-0.4, -0.2) is 61.1 Å². The average Bonchev–Trinajstić information content (AvgIpc) is 2.40. The van der Waals surface area contributed by atoms with Crippen LogP contribution in [0.1, 0.15) is 59.3 Å². The van der Waals surface area contributed by atoms with Crippen molar-refractivity contribution in [1.82, 2.24) is 9.80 Å². The molecule has 0 bridgehead atoms. The van der Waals surface area contributed by atoms with Gasteiger partial charge in [0, 0.05) is 0 Å². The van der Waals surface area contributed by atoms with Crippen LogP contribution in [0.3, 0.4) is 0 Å². The van der Waals surface area contributed by atoms with Crippen LogP contribution in [-0.2, 0) is 0 Å². The van der Waals surface area contributed by atoms with E-state index in [-0.39, 0.29) is 12.4 Å². The fourth-order valence-corrected chi connectivity index (χ4v) is 2.36. The van der Waals surface area contributed by atoms with Crippen LogP contribution in [0.15, 0.2) is 0 Å². The van der Waals surface area contributed by atoms with E-state index in [1.807, 2.05) is 0 Å². The smallest absolute Gasteiger partial charge is 0.349 e. The molecule has 0 amide bonds. The van der Waals surface area contributed by atoms with Gasteiger partial charge in [-0.05, 0) is 19.3 Å². The molecule has 20 heavy (non-hydrogen) atoms. The van der Waals surface area contributed by atoms with Crippen molar-refractivity contribution in [2.24, 2.45) is 0 Å². The predicted molar refractivity (Wildman–Crippen MR) is 86.0 cm³/mol. The SMILES string of the molecule is CCCCN(C)C(N(C)CCCC)=[N+](C)CCCC.[Cl-]. The standard InChI is InChI=1S/C16H36N3.ClH/c1-7-10-13-17(4)16(18(5)14-11-8-2)19(6)15-12-9-3;/h7-15H2,1-6H3;1H/q+1;/p-1. The van der Waals surface area contributed by atoms with E-state index < -0.39 is 0 Å². The second-order valence-corrected chi connectivity index (χ2v) is 5.63. The lowest BCUT2D eigenvalue weighted by Gasteiger charge is -2.25. The molecule has 0 aromatic rings. The van der Waals surface area contributed by atoms with E-state index in [1.54, 1.807) is 0 Å². The van der Waals surface area contributed by atoms with Crippen molar-refractivity contribution in [3.8, 4) is 0 Å². The van der Waals surface area contributed by atoms with E-state index in [2.05, 4.69) is 56.3 Å². The molecule has 3 nitrogen and oxygen atoms in total. The van der Waals surface area contributed by atoms with Crippen LogP contribution >= 0.6 is 0 Å². The summed E-state index contributed by atoms with van der Waals surface area (Å²) in [6, 6.07) is 0. The lowest BCUT2D eigenvalue weighted by molar-refractivity contribution is -0.508. The highest BCUT2D eigenvalue weighted by atomic mass is 35.5. The van der Waals surface area contributed by atoms with Gasteiger partial charge in [0.15, 0.2) is 0 Å². The van der Waals surface area contributed by atoms with Crippen LogP contribution in [0.25, 0.3) is 0 Å². The first kappa shape index (κ1) is 21.9. The molecule has 0 aromatic carbocycles. The Morgan fingerprint density at radius 1 is 0.800 bits per heavy atom. The normalized spacial score (nSPS) is 9.90. The molecule has 4 heteroatoms. The Morgan fingerprint density at radius 2 is 1.20 bits per heavy atom. The van der Waals surface area contributed by atoms with Gasteiger partial charge in [0.2, 0.25) is 0 Å². The Labute approximate surface area is 133 Å². The van der Waals surface area contributed by atoms with Crippen LogP contribution in [0.5, 0.6) is 0 Å². The summed E-state index contributed by atoms with van der Waals surface area (Å²) in [6.07, 6.45) is 7.58. The zero-order chi connectivity index (χ0) is 14.7. The van der Waals surface area contributed by atoms with Crippen molar-refractivity contribution >= 4 is 5.96 Å². The Hall–Kier alpha value is -0.440. The molecule has 0 radical (unpaired) electrons. The van der Waals surface area contributed by atoms with Gasteiger partial charge >= 0.3 is 5.96 Å². The van der Waals surface area contributed by atoms with Gasteiger partial charge in [0.1, 0.15) is 0 Å². The van der Waals surface area contributed by atoms with Gasteiger partial charge in [-0.15, -0.1) is 0 Å². The van der Waals surface area contributed by atoms with Crippen LogP contribution in [0.4, 0.5) is 0 Å². The number of hydrogen-bond acceptors (Lipinski definition) is 0. The molecule has 122 valence electrons. The van der Waals surface area contributed by atoms with Crippen molar-refractivity contribution in [3.05, 3.63) is 0 Å². The van der Waals surface area contributed by atoms with Gasteiger partial charge in [0.05, 0.1) is 40.8 Å². The van der Waals surface area contributed by atoms with E-state index in [4.69, 9.17) is 0 Å². The highest BCUT2D eigenvalue weighted by Crippen LogP contribution is 2.01. The summed E-state index contributed by atoms with van der Waals surface area (Å²) in [5.74, 6) is 1.38. The van der Waals surface area contributed by atoms with Crippen molar-refractivity contribution in [1.29, 1.82) is 0 Å². The summed E-state index contributed by atoms with van der Waals surface area (Å²) in [4.78, 5) is 4.85. The molecule has 0 aliphatic carbocycles. The zero-order valence-electron chi connectivity index (χ0n) is 14.6. The lowest BCUT2D eigenvalue weighted by atomic mass is 10.3. The molecular weight excluding hydrogens is 270 g/mol. The third-order valence-corrected chi connectivity index (χ3v) is 3.57. The van der Waals surface area contributed by atoms with Gasteiger partial charge in [0.25, 0.3) is 0 Å². The van der Waals surface area contributed by atoms with Gasteiger partial charge in [-0.1, -0.05) is 40.0 Å². The number of halogens is 1. The summed E-state index contributed by atoms with van der Waals surface area (Å²) in [5, 5.41) is 0. The van der Waals surface area contributed by atoms with E-state index >= 15 is 0 Å². The van der Waals surface area contributed by atoms with Gasteiger partial charge < -0.3 is 12.4 Å². The number of unbranched alkanes of at least 4 members (excludes halogenated alkanes) is 3. The summed E-state index contributed by atoms with van der Waals surface area (Å²) in [6.45, 7) is 10.2. The fraction of sp³-hybridized carbons (Fsp3) is 0.938. The van der Waals surface area contributed by atoms with E-state index in [9.17, 15) is 0 Å². The summed E-state index contributed by atoms with van der Waals surface area (Å²) < 4.78 is 2.43. The van der Waals surface area contributed by atoms with Gasteiger partial charge in [-0.3, -0.25) is 14.4 Å². The maximum Gasteiger partial charge on any atom is 0.349 e. The van der Waals surface area contributed by atoms with Crippen LogP contribution in [0.2, 0.25) is 0 Å². The predicted octanol–water partition coefficient (Wildman–Crippen LogP) is 0.253. The maximum absolute atomic E-state index is 2.43. The van der Waals surface area contributed by atoms with E-state index in [0.29, 0.717) is 0 Å². The summed E-state index contributed by atoms with van der Waals surface area (Å²) in [7, 11) is 6.70.